The average Bonchev–Trinajstić information content (AvgIpc) is 2.49. The van der Waals surface area contributed by atoms with Crippen LogP contribution < -0.4 is 9.64 Å². The molecular weight excluding hydrogens is 288 g/mol. The molecule has 0 saturated heterocycles. The number of carbonyl (C=O) groups is 1. The fraction of sp³-hybridized carbons (Fsp3) is 0.250. The van der Waals surface area contributed by atoms with Gasteiger partial charge in [0.25, 0.3) is 5.91 Å². The van der Waals surface area contributed by atoms with E-state index >= 15 is 0 Å². The Balaban J connectivity index is 2.46. The quantitative estimate of drug-likeness (QED) is 0.864. The van der Waals surface area contributed by atoms with Crippen molar-refractivity contribution in [3.8, 4) is 5.88 Å². The van der Waals surface area contributed by atoms with Crippen molar-refractivity contribution in [2.24, 2.45) is 0 Å². The maximum atomic E-state index is 12.8. The molecule has 0 aliphatic heterocycles. The lowest BCUT2D eigenvalue weighted by Crippen LogP contribution is -2.31. The molecule has 2 rings (SSSR count). The second kappa shape index (κ2) is 6.59. The summed E-state index contributed by atoms with van der Waals surface area (Å²) in [4.78, 5) is 18.5. The number of rotatable bonds is 4. The van der Waals surface area contributed by atoms with Gasteiger partial charge in [-0.2, -0.15) is 0 Å². The Morgan fingerprint density at radius 2 is 2.10 bits per heavy atom. The van der Waals surface area contributed by atoms with Crippen LogP contribution in [-0.4, -0.2) is 24.5 Å². The van der Waals surface area contributed by atoms with Crippen molar-refractivity contribution in [1.29, 1.82) is 0 Å². The van der Waals surface area contributed by atoms with E-state index in [1.54, 1.807) is 11.0 Å². The van der Waals surface area contributed by atoms with Crippen molar-refractivity contribution in [2.45, 2.75) is 13.8 Å². The minimum atomic E-state index is -0.182. The molecule has 0 radical (unpaired) electrons. The van der Waals surface area contributed by atoms with Crippen molar-refractivity contribution in [3.63, 3.8) is 0 Å². The molecule has 0 bridgehead atoms. The molecule has 0 atom stereocenters. The van der Waals surface area contributed by atoms with E-state index in [2.05, 4.69) is 4.98 Å². The standard InChI is InChI=1S/C16H17ClN2O2/c1-4-19(14-8-6-5-7-11(14)2)16(20)13-9-12(17)10-18-15(13)21-3/h5-10H,4H2,1-3H3. The molecule has 0 spiro atoms. The Labute approximate surface area is 129 Å². The van der Waals surface area contributed by atoms with Crippen LogP contribution in [0, 0.1) is 6.92 Å². The number of aryl methyl sites for hydroxylation is 1. The number of hydrogen-bond donors (Lipinski definition) is 0. The minimum Gasteiger partial charge on any atom is -0.480 e. The van der Waals surface area contributed by atoms with Gasteiger partial charge >= 0.3 is 0 Å². The Hall–Kier alpha value is -2.07. The number of methoxy groups -OCH3 is 1. The zero-order valence-corrected chi connectivity index (χ0v) is 13.0. The molecular formula is C16H17ClN2O2. The second-order valence-corrected chi connectivity index (χ2v) is 4.98. The highest BCUT2D eigenvalue weighted by molar-refractivity contribution is 6.31. The van der Waals surface area contributed by atoms with Gasteiger partial charge in [-0.3, -0.25) is 4.79 Å². The molecule has 1 aromatic heterocycles. The Morgan fingerprint density at radius 1 is 1.38 bits per heavy atom. The molecule has 5 heteroatoms. The number of anilines is 1. The molecule has 0 saturated carbocycles. The monoisotopic (exact) mass is 304 g/mol. The summed E-state index contributed by atoms with van der Waals surface area (Å²) < 4.78 is 5.16. The van der Waals surface area contributed by atoms with E-state index in [-0.39, 0.29) is 11.8 Å². The van der Waals surface area contributed by atoms with Crippen molar-refractivity contribution in [1.82, 2.24) is 4.98 Å². The summed E-state index contributed by atoms with van der Waals surface area (Å²) in [7, 11) is 1.48. The number of amides is 1. The van der Waals surface area contributed by atoms with Crippen molar-refractivity contribution in [2.75, 3.05) is 18.6 Å². The lowest BCUT2D eigenvalue weighted by Gasteiger charge is -2.23. The van der Waals surface area contributed by atoms with Crippen LogP contribution in [0.5, 0.6) is 5.88 Å². The van der Waals surface area contributed by atoms with E-state index in [9.17, 15) is 4.79 Å². The van der Waals surface area contributed by atoms with Crippen LogP contribution in [0.3, 0.4) is 0 Å². The van der Waals surface area contributed by atoms with Crippen LogP contribution in [-0.2, 0) is 0 Å². The van der Waals surface area contributed by atoms with Gasteiger partial charge in [-0.1, -0.05) is 29.8 Å². The zero-order chi connectivity index (χ0) is 15.4. The fourth-order valence-electron chi connectivity index (χ4n) is 2.18. The molecule has 0 fully saturated rings. The second-order valence-electron chi connectivity index (χ2n) is 4.55. The third kappa shape index (κ3) is 3.16. The number of benzene rings is 1. The van der Waals surface area contributed by atoms with Gasteiger partial charge in [-0.25, -0.2) is 4.98 Å². The smallest absolute Gasteiger partial charge is 0.263 e. The lowest BCUT2D eigenvalue weighted by atomic mass is 10.1. The van der Waals surface area contributed by atoms with Gasteiger partial charge in [-0.05, 0) is 31.5 Å². The summed E-state index contributed by atoms with van der Waals surface area (Å²) >= 11 is 5.95. The first-order valence-electron chi connectivity index (χ1n) is 6.65. The number of aromatic nitrogens is 1. The fourth-order valence-corrected chi connectivity index (χ4v) is 2.34. The van der Waals surface area contributed by atoms with Gasteiger partial charge < -0.3 is 9.64 Å². The first-order valence-corrected chi connectivity index (χ1v) is 7.03. The molecule has 4 nitrogen and oxygen atoms in total. The summed E-state index contributed by atoms with van der Waals surface area (Å²) in [6.07, 6.45) is 1.46. The highest BCUT2D eigenvalue weighted by atomic mass is 35.5. The van der Waals surface area contributed by atoms with Crippen LogP contribution in [0.2, 0.25) is 5.02 Å². The average molecular weight is 305 g/mol. The number of para-hydroxylation sites is 1. The first kappa shape index (κ1) is 15.3. The van der Waals surface area contributed by atoms with E-state index in [0.29, 0.717) is 17.1 Å². The number of hydrogen-bond acceptors (Lipinski definition) is 3. The largest absolute Gasteiger partial charge is 0.480 e. The first-order chi connectivity index (χ1) is 10.1. The molecule has 1 heterocycles. The van der Waals surface area contributed by atoms with Crippen LogP contribution in [0.1, 0.15) is 22.8 Å². The molecule has 2 aromatic rings. The van der Waals surface area contributed by atoms with E-state index in [1.807, 2.05) is 38.1 Å². The third-order valence-corrected chi connectivity index (χ3v) is 3.42. The SMILES string of the molecule is CCN(C(=O)c1cc(Cl)cnc1OC)c1ccccc1C. The number of pyridine rings is 1. The van der Waals surface area contributed by atoms with Crippen LogP contribution in [0.25, 0.3) is 0 Å². The molecule has 110 valence electrons. The molecule has 21 heavy (non-hydrogen) atoms. The Kier molecular flexibility index (Phi) is 4.81. The zero-order valence-electron chi connectivity index (χ0n) is 12.3. The summed E-state index contributed by atoms with van der Waals surface area (Å²) in [5.74, 6) is 0.0927. The molecule has 0 aliphatic carbocycles. The van der Waals surface area contributed by atoms with Gasteiger partial charge in [0.15, 0.2) is 0 Å². The number of ether oxygens (including phenoxy) is 1. The molecule has 0 unspecified atom stereocenters. The van der Waals surface area contributed by atoms with E-state index < -0.39 is 0 Å². The van der Waals surface area contributed by atoms with Crippen LogP contribution in [0.15, 0.2) is 36.5 Å². The maximum Gasteiger partial charge on any atom is 0.263 e. The molecule has 1 amide bonds. The summed E-state index contributed by atoms with van der Waals surface area (Å²) in [6, 6.07) is 9.32. The predicted molar refractivity (Wildman–Crippen MR) is 84.3 cm³/mol. The Bertz CT molecular complexity index is 658. The van der Waals surface area contributed by atoms with Crippen molar-refractivity contribution in [3.05, 3.63) is 52.7 Å². The lowest BCUT2D eigenvalue weighted by molar-refractivity contribution is 0.0984. The van der Waals surface area contributed by atoms with Crippen molar-refractivity contribution >= 4 is 23.2 Å². The van der Waals surface area contributed by atoms with E-state index in [1.165, 1.54) is 13.3 Å². The van der Waals surface area contributed by atoms with Gasteiger partial charge in [0.2, 0.25) is 5.88 Å². The minimum absolute atomic E-state index is 0.182. The van der Waals surface area contributed by atoms with Gasteiger partial charge in [0, 0.05) is 18.4 Å². The highest BCUT2D eigenvalue weighted by Gasteiger charge is 2.22. The van der Waals surface area contributed by atoms with E-state index in [4.69, 9.17) is 16.3 Å². The van der Waals surface area contributed by atoms with Gasteiger partial charge in [0.1, 0.15) is 5.56 Å². The third-order valence-electron chi connectivity index (χ3n) is 3.21. The van der Waals surface area contributed by atoms with E-state index in [0.717, 1.165) is 11.3 Å². The molecule has 1 aromatic carbocycles. The predicted octanol–water partition coefficient (Wildman–Crippen LogP) is 3.72. The van der Waals surface area contributed by atoms with Crippen LogP contribution >= 0.6 is 11.6 Å². The molecule has 0 aliphatic rings. The maximum absolute atomic E-state index is 12.8. The summed E-state index contributed by atoms with van der Waals surface area (Å²) in [5, 5.41) is 0.403. The normalized spacial score (nSPS) is 10.3. The number of carbonyl (C=O) groups excluding carboxylic acids is 1. The number of halogens is 1. The summed E-state index contributed by atoms with van der Waals surface area (Å²) in [6.45, 7) is 4.44. The highest BCUT2D eigenvalue weighted by Crippen LogP contribution is 2.26. The summed E-state index contributed by atoms with van der Waals surface area (Å²) in [5.41, 5.74) is 2.25. The van der Waals surface area contributed by atoms with Gasteiger partial charge in [0.05, 0.1) is 12.1 Å². The van der Waals surface area contributed by atoms with Crippen LogP contribution in [0.4, 0.5) is 5.69 Å². The Morgan fingerprint density at radius 3 is 2.71 bits per heavy atom. The number of nitrogens with zero attached hydrogens (tertiary/aromatic N) is 2. The van der Waals surface area contributed by atoms with Gasteiger partial charge in [-0.15, -0.1) is 0 Å². The topological polar surface area (TPSA) is 42.4 Å². The van der Waals surface area contributed by atoms with Crippen molar-refractivity contribution < 1.29 is 9.53 Å². The molecule has 0 N–H and O–H groups in total.